The summed E-state index contributed by atoms with van der Waals surface area (Å²) in [6.45, 7) is 7.26. The number of benzene rings is 1. The van der Waals surface area contributed by atoms with Gasteiger partial charge in [0.05, 0.1) is 5.69 Å². The third-order valence-corrected chi connectivity index (χ3v) is 4.73. The van der Waals surface area contributed by atoms with E-state index in [9.17, 15) is 13.2 Å². The molecule has 7 heteroatoms. The highest BCUT2D eigenvalue weighted by atomic mass is 32.2. The van der Waals surface area contributed by atoms with Gasteiger partial charge in [-0.3, -0.25) is 4.79 Å². The lowest BCUT2D eigenvalue weighted by Gasteiger charge is -2.14. The zero-order chi connectivity index (χ0) is 16.2. The van der Waals surface area contributed by atoms with E-state index in [4.69, 9.17) is 5.73 Å². The van der Waals surface area contributed by atoms with Crippen LogP contribution in [0.15, 0.2) is 17.0 Å². The van der Waals surface area contributed by atoms with Crippen molar-refractivity contribution >= 4 is 21.6 Å². The lowest BCUT2D eigenvalue weighted by atomic mass is 10.1. The number of anilines is 1. The monoisotopic (exact) mass is 313 g/mol. The number of carbonyl (C=O) groups excluding carboxylic acids is 1. The quantitative estimate of drug-likeness (QED) is 0.684. The van der Waals surface area contributed by atoms with Crippen LogP contribution in [0.4, 0.5) is 5.69 Å². The Labute approximate surface area is 126 Å². The molecule has 0 atom stereocenters. The molecule has 0 aliphatic heterocycles. The summed E-state index contributed by atoms with van der Waals surface area (Å²) in [6.07, 6.45) is 0.0855. The van der Waals surface area contributed by atoms with Crippen molar-refractivity contribution in [3.63, 3.8) is 0 Å². The maximum absolute atomic E-state index is 12.3. The van der Waals surface area contributed by atoms with Crippen LogP contribution in [0.3, 0.4) is 0 Å². The summed E-state index contributed by atoms with van der Waals surface area (Å²) in [4.78, 5) is 11.6. The summed E-state index contributed by atoms with van der Waals surface area (Å²) >= 11 is 0. The number of rotatable bonds is 6. The van der Waals surface area contributed by atoms with Crippen molar-refractivity contribution in [1.29, 1.82) is 0 Å². The van der Waals surface area contributed by atoms with Crippen molar-refractivity contribution in [2.24, 2.45) is 0 Å². The molecule has 0 saturated carbocycles. The first kappa shape index (κ1) is 17.5. The topological polar surface area (TPSA) is 101 Å². The van der Waals surface area contributed by atoms with Gasteiger partial charge >= 0.3 is 0 Å². The van der Waals surface area contributed by atoms with Crippen LogP contribution < -0.4 is 15.8 Å². The molecule has 0 bridgehead atoms. The normalized spacial score (nSPS) is 11.7. The van der Waals surface area contributed by atoms with Gasteiger partial charge in [-0.2, -0.15) is 0 Å². The van der Waals surface area contributed by atoms with E-state index in [1.807, 2.05) is 20.8 Å². The number of nitrogens with one attached hydrogen (secondary N) is 2. The van der Waals surface area contributed by atoms with Crippen LogP contribution >= 0.6 is 0 Å². The van der Waals surface area contributed by atoms with E-state index < -0.39 is 10.0 Å². The molecule has 1 aromatic rings. The number of hydrogen-bond acceptors (Lipinski definition) is 4. The Morgan fingerprint density at radius 1 is 1.29 bits per heavy atom. The average Bonchev–Trinajstić information content (AvgIpc) is 2.32. The van der Waals surface area contributed by atoms with E-state index in [1.54, 1.807) is 19.1 Å². The predicted octanol–water partition coefficient (Wildman–Crippen LogP) is 1.08. The largest absolute Gasteiger partial charge is 0.398 e. The minimum absolute atomic E-state index is 0.0313. The van der Waals surface area contributed by atoms with Crippen LogP contribution in [0.1, 0.15) is 31.4 Å². The molecule has 0 saturated heterocycles. The predicted molar refractivity (Wildman–Crippen MR) is 83.4 cm³/mol. The van der Waals surface area contributed by atoms with Crippen molar-refractivity contribution in [2.75, 3.05) is 12.3 Å². The molecule has 0 aliphatic carbocycles. The van der Waals surface area contributed by atoms with Gasteiger partial charge in [0, 0.05) is 19.0 Å². The molecule has 0 unspecified atom stereocenters. The maximum Gasteiger partial charge on any atom is 0.242 e. The lowest BCUT2D eigenvalue weighted by Crippen LogP contribution is -2.34. The maximum atomic E-state index is 12.3. The van der Waals surface area contributed by atoms with Gasteiger partial charge in [-0.05, 0) is 44.9 Å². The molecule has 0 fully saturated rings. The molecule has 0 aromatic heterocycles. The Morgan fingerprint density at radius 2 is 1.90 bits per heavy atom. The molecule has 0 radical (unpaired) electrons. The fraction of sp³-hybridized carbons (Fsp3) is 0.500. The first-order chi connectivity index (χ1) is 9.65. The molecule has 6 nitrogen and oxygen atoms in total. The zero-order valence-corrected chi connectivity index (χ0v) is 13.7. The summed E-state index contributed by atoms with van der Waals surface area (Å²) in [7, 11) is -3.72. The van der Waals surface area contributed by atoms with E-state index in [1.165, 1.54) is 0 Å². The van der Waals surface area contributed by atoms with Crippen molar-refractivity contribution in [3.05, 3.63) is 23.3 Å². The smallest absolute Gasteiger partial charge is 0.242 e. The van der Waals surface area contributed by atoms with Gasteiger partial charge in [-0.25, -0.2) is 13.1 Å². The van der Waals surface area contributed by atoms with Crippen LogP contribution in [0.2, 0.25) is 0 Å². The number of amides is 1. The summed E-state index contributed by atoms with van der Waals surface area (Å²) in [6, 6.07) is 3.38. The van der Waals surface area contributed by atoms with Crippen LogP contribution in [-0.2, 0) is 14.8 Å². The molecule has 0 spiro atoms. The summed E-state index contributed by atoms with van der Waals surface area (Å²) in [5.41, 5.74) is 7.45. The number of hydrogen-bond donors (Lipinski definition) is 3. The summed E-state index contributed by atoms with van der Waals surface area (Å²) < 4.78 is 27.0. The van der Waals surface area contributed by atoms with Gasteiger partial charge in [0.2, 0.25) is 15.9 Å². The minimum atomic E-state index is -3.72. The number of nitrogen functional groups attached to an aromatic ring is 1. The third kappa shape index (κ3) is 4.71. The number of carbonyl (C=O) groups is 1. The second-order valence-corrected chi connectivity index (χ2v) is 7.00. The van der Waals surface area contributed by atoms with Gasteiger partial charge in [-0.1, -0.05) is 6.07 Å². The summed E-state index contributed by atoms with van der Waals surface area (Å²) in [5.74, 6) is -0.193. The highest BCUT2D eigenvalue weighted by molar-refractivity contribution is 7.89. The molecule has 1 aromatic carbocycles. The Morgan fingerprint density at radius 3 is 2.48 bits per heavy atom. The van der Waals surface area contributed by atoms with Gasteiger partial charge in [-0.15, -0.1) is 0 Å². The Kier molecular flexibility index (Phi) is 5.74. The van der Waals surface area contributed by atoms with Gasteiger partial charge < -0.3 is 11.1 Å². The van der Waals surface area contributed by atoms with E-state index in [-0.39, 0.29) is 35.5 Å². The van der Waals surface area contributed by atoms with E-state index in [2.05, 4.69) is 10.0 Å². The molecular formula is C14H23N3O3S. The zero-order valence-electron chi connectivity index (χ0n) is 12.9. The molecule has 0 aliphatic rings. The summed E-state index contributed by atoms with van der Waals surface area (Å²) in [5, 5.41) is 2.70. The van der Waals surface area contributed by atoms with E-state index >= 15 is 0 Å². The van der Waals surface area contributed by atoms with Crippen molar-refractivity contribution in [2.45, 2.75) is 45.1 Å². The first-order valence-corrected chi connectivity index (χ1v) is 8.28. The Bertz CT molecular complexity index is 625. The highest BCUT2D eigenvalue weighted by Gasteiger charge is 2.21. The average molecular weight is 313 g/mol. The van der Waals surface area contributed by atoms with E-state index in [0.717, 1.165) is 5.56 Å². The molecule has 21 heavy (non-hydrogen) atoms. The molecule has 0 heterocycles. The Hall–Kier alpha value is -1.60. The highest BCUT2D eigenvalue weighted by Crippen LogP contribution is 2.24. The van der Waals surface area contributed by atoms with Crippen LogP contribution in [0, 0.1) is 13.8 Å². The second-order valence-electron chi connectivity index (χ2n) is 5.30. The fourth-order valence-corrected chi connectivity index (χ4v) is 3.39. The molecule has 118 valence electrons. The number of sulfonamides is 1. The number of aryl methyl sites for hydroxylation is 1. The van der Waals surface area contributed by atoms with Crippen molar-refractivity contribution in [1.82, 2.24) is 10.0 Å². The molecule has 1 rings (SSSR count). The first-order valence-electron chi connectivity index (χ1n) is 6.80. The lowest BCUT2D eigenvalue weighted by molar-refractivity contribution is -0.121. The minimum Gasteiger partial charge on any atom is -0.398 e. The van der Waals surface area contributed by atoms with Gasteiger partial charge in [0.25, 0.3) is 0 Å². The number of nitrogens with two attached hydrogens (primary N) is 1. The second kappa shape index (κ2) is 6.91. The van der Waals surface area contributed by atoms with Crippen molar-refractivity contribution in [3.8, 4) is 0 Å². The molecule has 4 N–H and O–H groups in total. The van der Waals surface area contributed by atoms with Crippen LogP contribution in [0.25, 0.3) is 0 Å². The SMILES string of the molecule is Cc1ccc(N)c(S(=O)(=O)NCCC(=O)NC(C)C)c1C. The third-order valence-electron chi connectivity index (χ3n) is 3.07. The van der Waals surface area contributed by atoms with Gasteiger partial charge in [0.1, 0.15) is 4.90 Å². The van der Waals surface area contributed by atoms with Crippen LogP contribution in [-0.4, -0.2) is 26.9 Å². The van der Waals surface area contributed by atoms with Gasteiger partial charge in [0.15, 0.2) is 0 Å². The molecule has 1 amide bonds. The van der Waals surface area contributed by atoms with Crippen LogP contribution in [0.5, 0.6) is 0 Å². The standard InChI is InChI=1S/C14H23N3O3S/c1-9(2)17-13(18)7-8-16-21(19,20)14-11(4)10(3)5-6-12(14)15/h5-6,9,16H,7-8,15H2,1-4H3,(H,17,18). The Balaban J connectivity index is 2.80. The van der Waals surface area contributed by atoms with E-state index in [0.29, 0.717) is 5.56 Å². The fourth-order valence-electron chi connectivity index (χ4n) is 1.93. The van der Waals surface area contributed by atoms with Crippen molar-refractivity contribution < 1.29 is 13.2 Å². The molecular weight excluding hydrogens is 290 g/mol.